The minimum absolute atomic E-state index is 0.0283. The van der Waals surface area contributed by atoms with E-state index in [1.165, 1.54) is 0 Å². The van der Waals surface area contributed by atoms with Gasteiger partial charge < -0.3 is 9.73 Å². The maximum Gasteiger partial charge on any atom is 0.255 e. The zero-order valence-corrected chi connectivity index (χ0v) is 9.89. The van der Waals surface area contributed by atoms with Gasteiger partial charge >= 0.3 is 0 Å². The smallest absolute Gasteiger partial charge is 0.255 e. The molecule has 0 unspecified atom stereocenters. The molecule has 3 nitrogen and oxygen atoms in total. The van der Waals surface area contributed by atoms with Gasteiger partial charge in [-0.05, 0) is 26.2 Å². The summed E-state index contributed by atoms with van der Waals surface area (Å²) in [6.07, 6.45) is 2.62. The summed E-state index contributed by atoms with van der Waals surface area (Å²) in [4.78, 5) is 11.8. The van der Waals surface area contributed by atoms with Crippen LogP contribution in [0.2, 0.25) is 0 Å². The molecule has 0 aliphatic rings. The largest absolute Gasteiger partial charge is 0.469 e. The van der Waals surface area contributed by atoms with E-state index >= 15 is 0 Å². The van der Waals surface area contributed by atoms with Gasteiger partial charge in [0.2, 0.25) is 0 Å². The Morgan fingerprint density at radius 1 is 1.47 bits per heavy atom. The maximum atomic E-state index is 11.8. The van der Waals surface area contributed by atoms with E-state index in [2.05, 4.69) is 19.2 Å². The quantitative estimate of drug-likeness (QED) is 0.828. The molecule has 84 valence electrons. The number of carbonyl (C=O) groups excluding carboxylic acids is 1. The Morgan fingerprint density at radius 2 is 2.13 bits per heavy atom. The van der Waals surface area contributed by atoms with Crippen molar-refractivity contribution >= 4 is 5.91 Å². The second kappa shape index (κ2) is 5.01. The van der Waals surface area contributed by atoms with Gasteiger partial charge in [0.05, 0.1) is 11.8 Å². The molecule has 0 bridgehead atoms. The van der Waals surface area contributed by atoms with Crippen molar-refractivity contribution in [1.82, 2.24) is 5.32 Å². The topological polar surface area (TPSA) is 42.2 Å². The third-order valence-corrected chi connectivity index (χ3v) is 2.39. The molecule has 0 radical (unpaired) electrons. The van der Waals surface area contributed by atoms with Crippen LogP contribution in [-0.4, -0.2) is 12.5 Å². The molecule has 0 aromatic carbocycles. The fourth-order valence-corrected chi connectivity index (χ4v) is 1.47. The molecule has 15 heavy (non-hydrogen) atoms. The summed E-state index contributed by atoms with van der Waals surface area (Å²) in [7, 11) is 0. The van der Waals surface area contributed by atoms with E-state index in [4.69, 9.17) is 4.42 Å². The van der Waals surface area contributed by atoms with E-state index in [-0.39, 0.29) is 5.91 Å². The third kappa shape index (κ3) is 3.11. The lowest BCUT2D eigenvalue weighted by Crippen LogP contribution is -2.26. The highest BCUT2D eigenvalue weighted by atomic mass is 16.3. The average Bonchev–Trinajstić information content (AvgIpc) is 2.45. The first kappa shape index (κ1) is 11.8. The van der Waals surface area contributed by atoms with Crippen LogP contribution in [0.3, 0.4) is 0 Å². The Kier molecular flexibility index (Phi) is 3.95. The molecule has 1 heterocycles. The van der Waals surface area contributed by atoms with Gasteiger partial charge in [-0.1, -0.05) is 13.8 Å². The lowest BCUT2D eigenvalue weighted by Gasteiger charge is -2.07. The Hall–Kier alpha value is -1.25. The lowest BCUT2D eigenvalue weighted by atomic mass is 10.1. The summed E-state index contributed by atoms with van der Waals surface area (Å²) in [5, 5.41) is 2.90. The highest BCUT2D eigenvalue weighted by molar-refractivity contribution is 5.96. The van der Waals surface area contributed by atoms with Gasteiger partial charge in [-0.3, -0.25) is 4.79 Å². The molecule has 1 amide bonds. The van der Waals surface area contributed by atoms with Crippen LogP contribution in [-0.2, 0) is 0 Å². The number of carbonyl (C=O) groups is 1. The highest BCUT2D eigenvalue weighted by Crippen LogP contribution is 2.14. The molecule has 0 spiro atoms. The van der Waals surface area contributed by atoms with Crippen molar-refractivity contribution in [1.29, 1.82) is 0 Å². The van der Waals surface area contributed by atoms with E-state index in [0.717, 1.165) is 18.5 Å². The van der Waals surface area contributed by atoms with Gasteiger partial charge in [-0.2, -0.15) is 0 Å². The van der Waals surface area contributed by atoms with Crippen LogP contribution in [0.1, 0.15) is 41.9 Å². The van der Waals surface area contributed by atoms with E-state index in [0.29, 0.717) is 17.2 Å². The normalized spacial score (nSPS) is 10.7. The number of hydrogen-bond acceptors (Lipinski definition) is 2. The fourth-order valence-electron chi connectivity index (χ4n) is 1.47. The van der Waals surface area contributed by atoms with E-state index in [1.807, 2.05) is 13.8 Å². The number of amides is 1. The Bertz CT molecular complexity index is 320. The van der Waals surface area contributed by atoms with Gasteiger partial charge in [-0.15, -0.1) is 0 Å². The monoisotopic (exact) mass is 209 g/mol. The van der Waals surface area contributed by atoms with Crippen LogP contribution in [0, 0.1) is 19.8 Å². The Morgan fingerprint density at radius 3 is 2.60 bits per heavy atom. The average molecular weight is 209 g/mol. The molecule has 0 aliphatic heterocycles. The highest BCUT2D eigenvalue weighted by Gasteiger charge is 2.14. The third-order valence-electron chi connectivity index (χ3n) is 2.39. The van der Waals surface area contributed by atoms with E-state index in [9.17, 15) is 4.79 Å². The van der Waals surface area contributed by atoms with Crippen LogP contribution in [0.25, 0.3) is 0 Å². The summed E-state index contributed by atoms with van der Waals surface area (Å²) in [5.41, 5.74) is 1.58. The summed E-state index contributed by atoms with van der Waals surface area (Å²) in [6, 6.07) is 0. The molecule has 0 aliphatic carbocycles. The Balaban J connectivity index is 2.54. The van der Waals surface area contributed by atoms with Crippen molar-refractivity contribution in [2.45, 2.75) is 34.1 Å². The molecule has 1 aromatic heterocycles. The number of nitrogens with one attached hydrogen (secondary N) is 1. The minimum Gasteiger partial charge on any atom is -0.469 e. The standard InChI is InChI=1S/C12H19NO2/c1-8(2)5-6-13-12(14)11-9(3)7-15-10(11)4/h7-8H,5-6H2,1-4H3,(H,13,14). The van der Waals surface area contributed by atoms with Gasteiger partial charge in [0.1, 0.15) is 5.76 Å². The predicted molar refractivity (Wildman–Crippen MR) is 60.0 cm³/mol. The molecule has 1 aromatic rings. The van der Waals surface area contributed by atoms with Gasteiger partial charge in [0.15, 0.2) is 0 Å². The van der Waals surface area contributed by atoms with Crippen LogP contribution < -0.4 is 5.32 Å². The number of aryl methyl sites for hydroxylation is 2. The molecule has 0 saturated carbocycles. The molecule has 1 rings (SSSR count). The number of furan rings is 1. The van der Waals surface area contributed by atoms with E-state index in [1.54, 1.807) is 6.26 Å². The number of hydrogen-bond donors (Lipinski definition) is 1. The van der Waals surface area contributed by atoms with Crippen molar-refractivity contribution in [2.75, 3.05) is 6.54 Å². The molecule has 0 fully saturated rings. The fraction of sp³-hybridized carbons (Fsp3) is 0.583. The Labute approximate surface area is 90.9 Å². The second-order valence-corrected chi connectivity index (χ2v) is 4.29. The summed E-state index contributed by atoms with van der Waals surface area (Å²) in [6.45, 7) is 8.69. The van der Waals surface area contributed by atoms with Gasteiger partial charge in [0.25, 0.3) is 5.91 Å². The zero-order chi connectivity index (χ0) is 11.4. The molecule has 0 atom stereocenters. The minimum atomic E-state index is -0.0283. The predicted octanol–water partition coefficient (Wildman–Crippen LogP) is 2.67. The maximum absolute atomic E-state index is 11.8. The molecule has 0 saturated heterocycles. The van der Waals surface area contributed by atoms with Crippen molar-refractivity contribution < 1.29 is 9.21 Å². The van der Waals surface area contributed by atoms with Crippen molar-refractivity contribution in [3.63, 3.8) is 0 Å². The zero-order valence-electron chi connectivity index (χ0n) is 9.89. The van der Waals surface area contributed by atoms with Crippen LogP contribution in [0.5, 0.6) is 0 Å². The summed E-state index contributed by atoms with van der Waals surface area (Å²) in [5.74, 6) is 1.27. The van der Waals surface area contributed by atoms with Crippen LogP contribution in [0.15, 0.2) is 10.7 Å². The summed E-state index contributed by atoms with van der Waals surface area (Å²) >= 11 is 0. The van der Waals surface area contributed by atoms with Crippen LogP contribution >= 0.6 is 0 Å². The summed E-state index contributed by atoms with van der Waals surface area (Å²) < 4.78 is 5.18. The van der Waals surface area contributed by atoms with Gasteiger partial charge in [-0.25, -0.2) is 0 Å². The van der Waals surface area contributed by atoms with Gasteiger partial charge in [0, 0.05) is 12.1 Å². The first-order valence-electron chi connectivity index (χ1n) is 5.35. The van der Waals surface area contributed by atoms with Crippen molar-refractivity contribution in [2.24, 2.45) is 5.92 Å². The molecule has 1 N–H and O–H groups in total. The van der Waals surface area contributed by atoms with Crippen molar-refractivity contribution in [3.8, 4) is 0 Å². The SMILES string of the molecule is Cc1coc(C)c1C(=O)NCCC(C)C. The number of rotatable bonds is 4. The molecular formula is C12H19NO2. The second-order valence-electron chi connectivity index (χ2n) is 4.29. The molecular weight excluding hydrogens is 190 g/mol. The van der Waals surface area contributed by atoms with E-state index < -0.39 is 0 Å². The first-order valence-corrected chi connectivity index (χ1v) is 5.35. The lowest BCUT2D eigenvalue weighted by molar-refractivity contribution is 0.0950. The van der Waals surface area contributed by atoms with Crippen molar-refractivity contribution in [3.05, 3.63) is 23.2 Å². The van der Waals surface area contributed by atoms with Crippen LogP contribution in [0.4, 0.5) is 0 Å². The first-order chi connectivity index (χ1) is 7.02. The molecule has 3 heteroatoms.